The Morgan fingerprint density at radius 3 is 2.48 bits per heavy atom. The molecule has 0 fully saturated rings. The molecule has 0 aromatic heterocycles. The minimum Gasteiger partial charge on any atom is -0.0763 e. The molecule has 4 rings (SSSR count). The molecular weight excluding hydrogens is 252 g/mol. The van der Waals surface area contributed by atoms with Crippen LogP contribution in [0.2, 0.25) is 0 Å². The Morgan fingerprint density at radius 1 is 0.810 bits per heavy atom. The molecular formula is C21H20. The van der Waals surface area contributed by atoms with Gasteiger partial charge in [-0.3, -0.25) is 0 Å². The highest BCUT2D eigenvalue weighted by Gasteiger charge is 2.25. The third-order valence-electron chi connectivity index (χ3n) is 5.00. The van der Waals surface area contributed by atoms with E-state index >= 15 is 0 Å². The van der Waals surface area contributed by atoms with Crippen molar-refractivity contribution in [3.63, 3.8) is 0 Å². The molecule has 0 heterocycles. The standard InChI is InChI=1S/C21H20/c1-14-5-4-8-20-17(11-12-19(14)20)13-18-10-9-16-7-3-6-15(2)21(16)18/h3-12,17-18H,13H2,1-2H3. The molecule has 104 valence electrons. The number of fused-ring (bicyclic) bond motifs is 2. The predicted molar refractivity (Wildman–Crippen MR) is 90.5 cm³/mol. The number of rotatable bonds is 2. The second-order valence-electron chi connectivity index (χ2n) is 6.32. The van der Waals surface area contributed by atoms with E-state index < -0.39 is 0 Å². The van der Waals surface area contributed by atoms with Crippen molar-refractivity contribution in [3.05, 3.63) is 81.9 Å². The first-order valence-corrected chi connectivity index (χ1v) is 7.79. The highest BCUT2D eigenvalue weighted by atomic mass is 14.3. The summed E-state index contributed by atoms with van der Waals surface area (Å²) >= 11 is 0. The van der Waals surface area contributed by atoms with Crippen molar-refractivity contribution in [1.29, 1.82) is 0 Å². The average Bonchev–Trinajstić information content (AvgIpc) is 3.06. The molecule has 0 heteroatoms. The maximum atomic E-state index is 2.39. The summed E-state index contributed by atoms with van der Waals surface area (Å²) in [5.41, 5.74) is 8.71. The Balaban J connectivity index is 1.66. The molecule has 2 aliphatic rings. The first-order valence-electron chi connectivity index (χ1n) is 7.79. The number of allylic oxidation sites excluding steroid dienone is 2. The third-order valence-corrected chi connectivity index (χ3v) is 5.00. The molecule has 0 amide bonds. The van der Waals surface area contributed by atoms with Gasteiger partial charge in [0.15, 0.2) is 0 Å². The minimum absolute atomic E-state index is 0.556. The Labute approximate surface area is 126 Å². The van der Waals surface area contributed by atoms with Crippen LogP contribution in [0.1, 0.15) is 51.6 Å². The molecule has 21 heavy (non-hydrogen) atoms. The SMILES string of the molecule is Cc1cccc2c1C=CC2CC1C=Cc2cccc(C)c21. The zero-order valence-electron chi connectivity index (χ0n) is 12.6. The molecule has 2 unspecified atom stereocenters. The fourth-order valence-corrected chi connectivity index (χ4v) is 3.92. The van der Waals surface area contributed by atoms with Gasteiger partial charge in [0, 0.05) is 11.8 Å². The monoisotopic (exact) mass is 272 g/mol. The second kappa shape index (κ2) is 4.73. The largest absolute Gasteiger partial charge is 0.0763 e. The first-order chi connectivity index (χ1) is 10.2. The van der Waals surface area contributed by atoms with Gasteiger partial charge in [-0.05, 0) is 53.6 Å². The van der Waals surface area contributed by atoms with Crippen LogP contribution in [-0.2, 0) is 0 Å². The molecule has 0 radical (unpaired) electrons. The van der Waals surface area contributed by atoms with Crippen molar-refractivity contribution in [1.82, 2.24) is 0 Å². The lowest BCUT2D eigenvalue weighted by Gasteiger charge is -2.19. The number of hydrogen-bond donors (Lipinski definition) is 0. The molecule has 0 saturated carbocycles. The number of benzene rings is 2. The van der Waals surface area contributed by atoms with Gasteiger partial charge >= 0.3 is 0 Å². The van der Waals surface area contributed by atoms with Crippen LogP contribution in [0.3, 0.4) is 0 Å². The van der Waals surface area contributed by atoms with Crippen molar-refractivity contribution < 1.29 is 0 Å². The molecule has 2 atom stereocenters. The zero-order chi connectivity index (χ0) is 14.4. The Bertz CT molecular complexity index is 762. The average molecular weight is 272 g/mol. The summed E-state index contributed by atoms with van der Waals surface area (Å²) in [5.74, 6) is 1.11. The summed E-state index contributed by atoms with van der Waals surface area (Å²) in [6.07, 6.45) is 10.6. The van der Waals surface area contributed by atoms with Crippen LogP contribution in [0, 0.1) is 13.8 Å². The molecule has 0 saturated heterocycles. The van der Waals surface area contributed by atoms with Crippen molar-refractivity contribution in [3.8, 4) is 0 Å². The lowest BCUT2D eigenvalue weighted by Crippen LogP contribution is -2.03. The second-order valence-corrected chi connectivity index (χ2v) is 6.32. The van der Waals surface area contributed by atoms with Crippen LogP contribution in [-0.4, -0.2) is 0 Å². The van der Waals surface area contributed by atoms with E-state index in [1.54, 1.807) is 0 Å². The van der Waals surface area contributed by atoms with Gasteiger partial charge in [0.25, 0.3) is 0 Å². The molecule has 2 aromatic carbocycles. The van der Waals surface area contributed by atoms with Gasteiger partial charge in [-0.25, -0.2) is 0 Å². The normalized spacial score (nSPS) is 21.6. The van der Waals surface area contributed by atoms with Gasteiger partial charge in [0.1, 0.15) is 0 Å². The van der Waals surface area contributed by atoms with E-state index in [0.717, 1.165) is 0 Å². The quantitative estimate of drug-likeness (QED) is 0.666. The van der Waals surface area contributed by atoms with Gasteiger partial charge in [0.05, 0.1) is 0 Å². The number of aryl methyl sites for hydroxylation is 2. The summed E-state index contributed by atoms with van der Waals surface area (Å²) in [5, 5.41) is 0. The van der Waals surface area contributed by atoms with Crippen LogP contribution in [0.4, 0.5) is 0 Å². The van der Waals surface area contributed by atoms with Crippen LogP contribution < -0.4 is 0 Å². The summed E-state index contributed by atoms with van der Waals surface area (Å²) in [4.78, 5) is 0. The maximum Gasteiger partial charge on any atom is 0.00386 e. The zero-order valence-corrected chi connectivity index (χ0v) is 12.6. The molecule has 0 nitrogen and oxygen atoms in total. The van der Waals surface area contributed by atoms with E-state index in [9.17, 15) is 0 Å². The molecule has 2 aromatic rings. The van der Waals surface area contributed by atoms with Crippen molar-refractivity contribution >= 4 is 12.2 Å². The fourth-order valence-electron chi connectivity index (χ4n) is 3.92. The van der Waals surface area contributed by atoms with E-state index in [1.807, 2.05) is 0 Å². The lowest BCUT2D eigenvalue weighted by molar-refractivity contribution is 0.683. The smallest absolute Gasteiger partial charge is 0.00386 e. The van der Waals surface area contributed by atoms with Gasteiger partial charge in [-0.2, -0.15) is 0 Å². The van der Waals surface area contributed by atoms with Crippen LogP contribution in [0.15, 0.2) is 48.6 Å². The summed E-state index contributed by atoms with van der Waals surface area (Å²) in [7, 11) is 0. The molecule has 0 N–H and O–H groups in total. The van der Waals surface area contributed by atoms with E-state index in [-0.39, 0.29) is 0 Å². The molecule has 0 aliphatic heterocycles. The summed E-state index contributed by atoms with van der Waals surface area (Å²) in [6.45, 7) is 4.45. The summed E-state index contributed by atoms with van der Waals surface area (Å²) < 4.78 is 0. The van der Waals surface area contributed by atoms with Gasteiger partial charge in [-0.15, -0.1) is 0 Å². The lowest BCUT2D eigenvalue weighted by atomic mass is 9.85. The highest BCUT2D eigenvalue weighted by Crippen LogP contribution is 2.43. The molecule has 0 spiro atoms. The minimum atomic E-state index is 0.556. The highest BCUT2D eigenvalue weighted by molar-refractivity contribution is 5.67. The van der Waals surface area contributed by atoms with E-state index in [4.69, 9.17) is 0 Å². The predicted octanol–water partition coefficient (Wildman–Crippen LogP) is 5.61. The van der Waals surface area contributed by atoms with E-state index in [1.165, 1.54) is 39.8 Å². The Morgan fingerprint density at radius 2 is 1.57 bits per heavy atom. The number of hydrogen-bond acceptors (Lipinski definition) is 0. The van der Waals surface area contributed by atoms with E-state index in [0.29, 0.717) is 11.8 Å². The van der Waals surface area contributed by atoms with Gasteiger partial charge in [0.2, 0.25) is 0 Å². The fraction of sp³-hybridized carbons (Fsp3) is 0.238. The molecule has 0 bridgehead atoms. The van der Waals surface area contributed by atoms with Crippen LogP contribution >= 0.6 is 0 Å². The topological polar surface area (TPSA) is 0 Å². The third kappa shape index (κ3) is 1.98. The maximum absolute atomic E-state index is 2.39. The molecule has 2 aliphatic carbocycles. The van der Waals surface area contributed by atoms with Gasteiger partial charge < -0.3 is 0 Å². The van der Waals surface area contributed by atoms with Gasteiger partial charge in [-0.1, -0.05) is 60.7 Å². The van der Waals surface area contributed by atoms with Crippen molar-refractivity contribution in [2.75, 3.05) is 0 Å². The summed E-state index contributed by atoms with van der Waals surface area (Å²) in [6, 6.07) is 13.3. The van der Waals surface area contributed by atoms with Crippen molar-refractivity contribution in [2.24, 2.45) is 0 Å². The van der Waals surface area contributed by atoms with Crippen LogP contribution in [0.25, 0.3) is 12.2 Å². The van der Waals surface area contributed by atoms with Crippen molar-refractivity contribution in [2.45, 2.75) is 32.1 Å². The van der Waals surface area contributed by atoms with Crippen LogP contribution in [0.5, 0.6) is 0 Å². The van der Waals surface area contributed by atoms with E-state index in [2.05, 4.69) is 74.5 Å². The Hall–Kier alpha value is -2.08. The first kappa shape index (κ1) is 12.6. The Kier molecular flexibility index (Phi) is 2.85.